The highest BCUT2D eigenvalue weighted by molar-refractivity contribution is 7.23. The average Bonchev–Trinajstić information content (AvgIpc) is 3.32. The second-order valence-corrected chi connectivity index (χ2v) is 9.49. The van der Waals surface area contributed by atoms with Crippen LogP contribution in [0.5, 0.6) is 0 Å². The molecule has 0 unspecified atom stereocenters. The second-order valence-electron chi connectivity index (χ2n) is 7.45. The molecule has 158 valence electrons. The molecule has 2 heterocycles. The molecule has 4 aromatic rings. The molecule has 0 atom stereocenters. The molecule has 5 nitrogen and oxygen atoms in total. The first-order valence-electron chi connectivity index (χ1n) is 9.63. The zero-order valence-corrected chi connectivity index (χ0v) is 20.0. The lowest BCUT2D eigenvalue weighted by Crippen LogP contribution is -2.33. The lowest BCUT2D eigenvalue weighted by atomic mass is 10.1. The molecule has 0 aliphatic rings. The fraction of sp³-hybridized carbons (Fsp3) is 0.318. The van der Waals surface area contributed by atoms with Crippen LogP contribution in [0.4, 0.5) is 5.13 Å². The maximum absolute atomic E-state index is 13.4. The summed E-state index contributed by atoms with van der Waals surface area (Å²) in [5.74, 6) is -0.0709. The first-order chi connectivity index (χ1) is 13.9. The molecule has 0 aliphatic carbocycles. The van der Waals surface area contributed by atoms with E-state index in [0.717, 1.165) is 38.5 Å². The van der Waals surface area contributed by atoms with Crippen molar-refractivity contribution in [2.75, 3.05) is 32.1 Å². The predicted molar refractivity (Wildman–Crippen MR) is 131 cm³/mol. The number of halogens is 1. The van der Waals surface area contributed by atoms with Crippen molar-refractivity contribution in [2.24, 2.45) is 0 Å². The number of rotatable bonds is 6. The Labute approximate surface area is 190 Å². The minimum absolute atomic E-state index is 0. The topological polar surface area (TPSA) is 49.3 Å². The Morgan fingerprint density at radius 1 is 0.967 bits per heavy atom. The highest BCUT2D eigenvalue weighted by atomic mass is 35.5. The number of anilines is 1. The largest absolute Gasteiger partial charge is 0.309 e. The van der Waals surface area contributed by atoms with E-state index >= 15 is 0 Å². The molecule has 2 aromatic carbocycles. The molecule has 8 heteroatoms. The molecule has 1 amide bonds. The predicted octanol–water partition coefficient (Wildman–Crippen LogP) is 5.54. The van der Waals surface area contributed by atoms with E-state index in [2.05, 4.69) is 35.9 Å². The van der Waals surface area contributed by atoms with Gasteiger partial charge in [0.05, 0.1) is 20.4 Å². The van der Waals surface area contributed by atoms with Crippen molar-refractivity contribution in [1.29, 1.82) is 0 Å². The average molecular weight is 461 g/mol. The third-order valence-electron chi connectivity index (χ3n) is 5.01. The molecule has 30 heavy (non-hydrogen) atoms. The van der Waals surface area contributed by atoms with Gasteiger partial charge in [-0.3, -0.25) is 9.69 Å². The fourth-order valence-electron chi connectivity index (χ4n) is 3.24. The Bertz CT molecular complexity index is 1150. The van der Waals surface area contributed by atoms with Gasteiger partial charge in [0.25, 0.3) is 5.91 Å². The Balaban J connectivity index is 0.00000256. The van der Waals surface area contributed by atoms with Gasteiger partial charge in [0, 0.05) is 6.54 Å². The van der Waals surface area contributed by atoms with Gasteiger partial charge >= 0.3 is 0 Å². The van der Waals surface area contributed by atoms with Crippen molar-refractivity contribution < 1.29 is 4.79 Å². The van der Waals surface area contributed by atoms with E-state index < -0.39 is 0 Å². The van der Waals surface area contributed by atoms with Gasteiger partial charge in [-0.25, -0.2) is 9.97 Å². The van der Waals surface area contributed by atoms with Gasteiger partial charge in [-0.1, -0.05) is 29.5 Å². The van der Waals surface area contributed by atoms with Crippen molar-refractivity contribution in [2.45, 2.75) is 20.3 Å². The third-order valence-corrected chi connectivity index (χ3v) is 7.08. The Hall–Kier alpha value is -2.06. The van der Waals surface area contributed by atoms with E-state index in [-0.39, 0.29) is 18.3 Å². The summed E-state index contributed by atoms with van der Waals surface area (Å²) in [4.78, 5) is 26.8. The van der Waals surface area contributed by atoms with E-state index in [1.54, 1.807) is 16.2 Å². The van der Waals surface area contributed by atoms with Gasteiger partial charge in [0.2, 0.25) is 0 Å². The number of para-hydroxylation sites is 1. The molecule has 0 bridgehead atoms. The van der Waals surface area contributed by atoms with Crippen LogP contribution in [0.1, 0.15) is 27.3 Å². The normalized spacial score (nSPS) is 11.2. The zero-order valence-electron chi connectivity index (χ0n) is 17.5. The number of nitrogens with zero attached hydrogens (tertiary/aromatic N) is 4. The molecule has 0 radical (unpaired) electrons. The molecule has 0 N–H and O–H groups in total. The lowest BCUT2D eigenvalue weighted by molar-refractivity contribution is 0.0986. The number of aromatic nitrogens is 2. The summed E-state index contributed by atoms with van der Waals surface area (Å²) in [5.41, 5.74) is 4.24. The molecular formula is C22H25ClN4OS2. The highest BCUT2D eigenvalue weighted by Crippen LogP contribution is 2.33. The zero-order chi connectivity index (χ0) is 20.5. The summed E-state index contributed by atoms with van der Waals surface area (Å²) in [7, 11) is 4.09. The van der Waals surface area contributed by atoms with E-state index in [4.69, 9.17) is 4.98 Å². The standard InChI is InChI=1S/C22H24N4OS2.ClH/c1-14-10-11-18-19(15(14)2)24-22(29-18)26(13-7-12-25(3)4)21(27)20-23-16-8-5-6-9-17(16)28-20;/h5-6,8-11H,7,12-13H2,1-4H3;1H. The molecule has 0 saturated carbocycles. The molecule has 0 saturated heterocycles. The number of carbonyl (C=O) groups is 1. The second kappa shape index (κ2) is 9.39. The van der Waals surface area contributed by atoms with E-state index in [1.807, 2.05) is 38.4 Å². The number of carbonyl (C=O) groups excluding carboxylic acids is 1. The van der Waals surface area contributed by atoms with Gasteiger partial charge in [-0.2, -0.15) is 0 Å². The molecule has 2 aromatic heterocycles. The number of fused-ring (bicyclic) bond motifs is 2. The Morgan fingerprint density at radius 2 is 1.73 bits per heavy atom. The summed E-state index contributed by atoms with van der Waals surface area (Å²) >= 11 is 3.02. The van der Waals surface area contributed by atoms with Gasteiger partial charge in [-0.15, -0.1) is 23.7 Å². The number of aryl methyl sites for hydroxylation is 2. The SMILES string of the molecule is Cc1ccc2sc(N(CCCN(C)C)C(=O)c3nc4ccccc4s3)nc2c1C.Cl. The van der Waals surface area contributed by atoms with Crippen molar-refractivity contribution >= 4 is 66.6 Å². The summed E-state index contributed by atoms with van der Waals surface area (Å²) in [6, 6.07) is 12.1. The van der Waals surface area contributed by atoms with Crippen LogP contribution in [0.15, 0.2) is 36.4 Å². The van der Waals surface area contributed by atoms with Crippen LogP contribution >= 0.6 is 35.1 Å². The Kier molecular flexibility index (Phi) is 7.08. The van der Waals surface area contributed by atoms with Gasteiger partial charge in [0.1, 0.15) is 0 Å². The number of benzene rings is 2. The van der Waals surface area contributed by atoms with E-state index in [9.17, 15) is 4.79 Å². The van der Waals surface area contributed by atoms with Gasteiger partial charge in [0.15, 0.2) is 10.1 Å². The quantitative estimate of drug-likeness (QED) is 0.379. The van der Waals surface area contributed by atoms with Crippen LogP contribution in [0.2, 0.25) is 0 Å². The highest BCUT2D eigenvalue weighted by Gasteiger charge is 2.24. The first kappa shape index (κ1) is 22.6. The summed E-state index contributed by atoms with van der Waals surface area (Å²) in [6.45, 7) is 5.71. The Morgan fingerprint density at radius 3 is 2.47 bits per heavy atom. The summed E-state index contributed by atoms with van der Waals surface area (Å²) < 4.78 is 2.14. The number of hydrogen-bond donors (Lipinski definition) is 0. The third kappa shape index (κ3) is 4.49. The van der Waals surface area contributed by atoms with Crippen LogP contribution in [-0.2, 0) is 0 Å². The van der Waals surface area contributed by atoms with Crippen molar-refractivity contribution in [3.63, 3.8) is 0 Å². The fourth-order valence-corrected chi connectivity index (χ4v) is 5.20. The van der Waals surface area contributed by atoms with Gasteiger partial charge in [-0.05, 0) is 70.2 Å². The van der Waals surface area contributed by atoms with E-state index in [0.29, 0.717) is 11.6 Å². The molecular weight excluding hydrogens is 436 g/mol. The lowest BCUT2D eigenvalue weighted by Gasteiger charge is -2.19. The molecule has 0 fully saturated rings. The van der Waals surface area contributed by atoms with Crippen LogP contribution in [0.3, 0.4) is 0 Å². The smallest absolute Gasteiger partial charge is 0.289 e. The van der Waals surface area contributed by atoms with Crippen LogP contribution in [0.25, 0.3) is 20.4 Å². The molecule has 4 rings (SSSR count). The summed E-state index contributed by atoms with van der Waals surface area (Å²) in [5, 5.41) is 1.26. The molecule has 0 spiro atoms. The molecule has 0 aliphatic heterocycles. The first-order valence-corrected chi connectivity index (χ1v) is 11.3. The maximum Gasteiger partial charge on any atom is 0.289 e. The maximum atomic E-state index is 13.4. The van der Waals surface area contributed by atoms with Crippen LogP contribution < -0.4 is 4.90 Å². The minimum atomic E-state index is -0.0709. The number of thiazole rings is 2. The van der Waals surface area contributed by atoms with Crippen LogP contribution in [-0.4, -0.2) is 48.0 Å². The number of hydrogen-bond acceptors (Lipinski definition) is 6. The monoisotopic (exact) mass is 460 g/mol. The van der Waals surface area contributed by atoms with E-state index in [1.165, 1.54) is 22.5 Å². The summed E-state index contributed by atoms with van der Waals surface area (Å²) in [6.07, 6.45) is 0.873. The van der Waals surface area contributed by atoms with Crippen LogP contribution in [0, 0.1) is 13.8 Å². The minimum Gasteiger partial charge on any atom is -0.309 e. The van der Waals surface area contributed by atoms with Crippen molar-refractivity contribution in [1.82, 2.24) is 14.9 Å². The number of amides is 1. The van der Waals surface area contributed by atoms with Crippen molar-refractivity contribution in [3.8, 4) is 0 Å². The van der Waals surface area contributed by atoms with Gasteiger partial charge < -0.3 is 4.90 Å². The van der Waals surface area contributed by atoms with Crippen molar-refractivity contribution in [3.05, 3.63) is 52.5 Å².